The number of ketones is 1. The van der Waals surface area contributed by atoms with E-state index >= 15 is 0 Å². The van der Waals surface area contributed by atoms with Crippen LogP contribution >= 0.6 is 0 Å². The lowest BCUT2D eigenvalue weighted by molar-refractivity contribution is -0.125. The summed E-state index contributed by atoms with van der Waals surface area (Å²) in [6.07, 6.45) is -0.877. The van der Waals surface area contributed by atoms with Crippen molar-refractivity contribution in [1.29, 1.82) is 0 Å². The van der Waals surface area contributed by atoms with Crippen molar-refractivity contribution >= 4 is 32.0 Å². The molecule has 2 N–H and O–H groups in total. The van der Waals surface area contributed by atoms with Crippen LogP contribution in [0.5, 0.6) is 5.75 Å². The predicted molar refractivity (Wildman–Crippen MR) is 175 cm³/mol. The predicted octanol–water partition coefficient (Wildman–Crippen LogP) is 3.83. The van der Waals surface area contributed by atoms with E-state index in [1.54, 1.807) is 66.7 Å². The van der Waals surface area contributed by atoms with Gasteiger partial charge >= 0.3 is 16.2 Å². The van der Waals surface area contributed by atoms with Crippen molar-refractivity contribution in [2.75, 3.05) is 19.6 Å². The lowest BCUT2D eigenvalue weighted by Gasteiger charge is -2.36. The molecule has 1 aliphatic rings. The molecule has 11 nitrogen and oxygen atoms in total. The SMILES string of the molecule is Cc1ccc(S(=O)(=O)N2CCNCC2C(=O)[C@H](Cc2ccc(OS(=O)(=O)c3ccccc3)cc2)NC(=O)OCc2ccccc2)cc1. The molecular formula is C34H35N3O8S2. The van der Waals surface area contributed by atoms with Crippen LogP contribution in [0.2, 0.25) is 0 Å². The molecule has 2 atom stereocenters. The van der Waals surface area contributed by atoms with Gasteiger partial charge in [-0.25, -0.2) is 13.2 Å². The largest absolute Gasteiger partial charge is 0.445 e. The first-order chi connectivity index (χ1) is 22.5. The summed E-state index contributed by atoms with van der Waals surface area (Å²) in [5, 5.41) is 5.73. The number of sulfonamides is 1. The first-order valence-corrected chi connectivity index (χ1v) is 17.8. The Bertz CT molecular complexity index is 1890. The van der Waals surface area contributed by atoms with Crippen LogP contribution < -0.4 is 14.8 Å². The van der Waals surface area contributed by atoms with Crippen LogP contribution in [0.15, 0.2) is 119 Å². The molecular weight excluding hydrogens is 643 g/mol. The second-order valence-electron chi connectivity index (χ2n) is 11.0. The van der Waals surface area contributed by atoms with Crippen molar-refractivity contribution in [2.24, 2.45) is 0 Å². The third kappa shape index (κ3) is 8.63. The van der Waals surface area contributed by atoms with Gasteiger partial charge in [-0.3, -0.25) is 4.79 Å². The van der Waals surface area contributed by atoms with E-state index in [2.05, 4.69) is 10.6 Å². The molecule has 4 aromatic carbocycles. The monoisotopic (exact) mass is 677 g/mol. The Labute approximate surface area is 274 Å². The highest BCUT2D eigenvalue weighted by Crippen LogP contribution is 2.23. The Morgan fingerprint density at radius 1 is 0.830 bits per heavy atom. The highest BCUT2D eigenvalue weighted by molar-refractivity contribution is 7.89. The minimum atomic E-state index is -4.06. The van der Waals surface area contributed by atoms with Gasteiger partial charge in [-0.15, -0.1) is 0 Å². The molecule has 1 heterocycles. The fraction of sp³-hybridized carbons (Fsp3) is 0.235. The second kappa shape index (κ2) is 14.9. The summed E-state index contributed by atoms with van der Waals surface area (Å²) in [4.78, 5) is 27.2. The standard InChI is InChI=1S/C34H35N3O8S2/c1-25-12-18-29(19-13-25)46(40,41)37-21-20-35-23-32(37)33(38)31(36-34(39)44-24-27-8-4-2-5-9-27)22-26-14-16-28(17-15-26)45-47(42,43)30-10-6-3-7-11-30/h2-19,31-32,35H,20-24H2,1H3,(H,36,39)/t31-,32?/m0/s1. The third-order valence-corrected chi connectivity index (χ3v) is 10.8. The lowest BCUT2D eigenvalue weighted by Crippen LogP contribution is -2.61. The third-order valence-electron chi connectivity index (χ3n) is 7.60. The first-order valence-electron chi connectivity index (χ1n) is 14.9. The van der Waals surface area contributed by atoms with E-state index in [1.165, 1.54) is 40.7 Å². The van der Waals surface area contributed by atoms with Crippen molar-refractivity contribution < 1.29 is 35.3 Å². The number of piperazine rings is 1. The Balaban J connectivity index is 1.37. The van der Waals surface area contributed by atoms with E-state index in [0.29, 0.717) is 12.1 Å². The normalized spacial score (nSPS) is 16.1. The van der Waals surface area contributed by atoms with Crippen LogP contribution in [0, 0.1) is 6.92 Å². The number of rotatable bonds is 12. The molecule has 1 fully saturated rings. The van der Waals surface area contributed by atoms with Crippen LogP contribution in [0.25, 0.3) is 0 Å². The van der Waals surface area contributed by atoms with E-state index in [-0.39, 0.29) is 41.7 Å². The van der Waals surface area contributed by atoms with Gasteiger partial charge in [-0.1, -0.05) is 78.4 Å². The number of Topliss-reactive ketones (excluding diaryl/α,β-unsaturated/α-hetero) is 1. The van der Waals surface area contributed by atoms with Crippen molar-refractivity contribution in [3.63, 3.8) is 0 Å². The van der Waals surface area contributed by atoms with Crippen molar-refractivity contribution in [3.8, 4) is 5.75 Å². The van der Waals surface area contributed by atoms with Crippen LogP contribution in [0.1, 0.15) is 16.7 Å². The molecule has 1 saturated heterocycles. The molecule has 1 amide bonds. The Morgan fingerprint density at radius 3 is 2.13 bits per heavy atom. The van der Waals surface area contributed by atoms with Crippen LogP contribution in [0.3, 0.4) is 0 Å². The molecule has 13 heteroatoms. The van der Waals surface area contributed by atoms with Gasteiger partial charge in [0.15, 0.2) is 5.78 Å². The number of ether oxygens (including phenoxy) is 1. The Morgan fingerprint density at radius 2 is 1.47 bits per heavy atom. The van der Waals surface area contributed by atoms with Gasteiger partial charge in [-0.05, 0) is 60.9 Å². The van der Waals surface area contributed by atoms with Crippen molar-refractivity contribution in [3.05, 3.63) is 126 Å². The zero-order valence-electron chi connectivity index (χ0n) is 25.6. The molecule has 5 rings (SSSR count). The van der Waals surface area contributed by atoms with Gasteiger partial charge in [0, 0.05) is 19.6 Å². The van der Waals surface area contributed by atoms with Gasteiger partial charge in [-0.2, -0.15) is 12.7 Å². The maximum absolute atomic E-state index is 14.1. The second-order valence-corrected chi connectivity index (χ2v) is 14.4. The van der Waals surface area contributed by atoms with Crippen LogP contribution in [-0.4, -0.2) is 64.7 Å². The van der Waals surface area contributed by atoms with E-state index in [1.807, 2.05) is 13.0 Å². The fourth-order valence-corrected chi connectivity index (χ4v) is 7.65. The minimum Gasteiger partial charge on any atom is -0.445 e. The molecule has 0 radical (unpaired) electrons. The van der Waals surface area contributed by atoms with E-state index < -0.39 is 44.1 Å². The van der Waals surface area contributed by atoms with Gasteiger partial charge in [0.2, 0.25) is 10.0 Å². The number of nitrogens with one attached hydrogen (secondary N) is 2. The highest BCUT2D eigenvalue weighted by Gasteiger charge is 2.40. The number of carbonyl (C=O) groups is 2. The zero-order chi connectivity index (χ0) is 33.4. The number of carbonyl (C=O) groups excluding carboxylic acids is 2. The molecule has 1 aliphatic heterocycles. The minimum absolute atomic E-state index is 0.000752. The molecule has 47 heavy (non-hydrogen) atoms. The molecule has 0 aromatic heterocycles. The summed E-state index contributed by atoms with van der Waals surface area (Å²) in [6, 6.07) is 26.9. The molecule has 0 spiro atoms. The molecule has 1 unspecified atom stereocenters. The topological polar surface area (TPSA) is 148 Å². The lowest BCUT2D eigenvalue weighted by atomic mass is 9.97. The number of alkyl carbamates (subject to hydrolysis) is 1. The summed E-state index contributed by atoms with van der Waals surface area (Å²) < 4.78 is 64.5. The fourth-order valence-electron chi connectivity index (χ4n) is 5.10. The molecule has 0 saturated carbocycles. The summed E-state index contributed by atoms with van der Waals surface area (Å²) in [5.74, 6) is -0.473. The average molecular weight is 678 g/mol. The molecule has 0 bridgehead atoms. The molecule has 4 aromatic rings. The van der Waals surface area contributed by atoms with Gasteiger partial charge < -0.3 is 19.6 Å². The molecule has 246 valence electrons. The number of hydrogen-bond acceptors (Lipinski definition) is 9. The zero-order valence-corrected chi connectivity index (χ0v) is 27.2. The number of nitrogens with zero attached hydrogens (tertiary/aromatic N) is 1. The van der Waals surface area contributed by atoms with E-state index in [4.69, 9.17) is 8.92 Å². The average Bonchev–Trinajstić information content (AvgIpc) is 3.08. The quantitative estimate of drug-likeness (QED) is 0.214. The Kier molecular flexibility index (Phi) is 10.7. The van der Waals surface area contributed by atoms with Crippen molar-refractivity contribution in [1.82, 2.24) is 14.9 Å². The van der Waals surface area contributed by atoms with Gasteiger partial charge in [0.1, 0.15) is 17.3 Å². The Hall–Kier alpha value is -4.56. The smallest absolute Gasteiger partial charge is 0.408 e. The van der Waals surface area contributed by atoms with E-state index in [0.717, 1.165) is 11.1 Å². The summed E-state index contributed by atoms with van der Waals surface area (Å²) in [6.45, 7) is 2.26. The van der Waals surface area contributed by atoms with Crippen molar-refractivity contribution in [2.45, 2.75) is 41.8 Å². The first kappa shape index (κ1) is 33.8. The van der Waals surface area contributed by atoms with Gasteiger partial charge in [0.05, 0.1) is 17.0 Å². The summed E-state index contributed by atoms with van der Waals surface area (Å²) in [5.41, 5.74) is 2.20. The number of aryl methyl sites for hydroxylation is 1. The number of benzene rings is 4. The van der Waals surface area contributed by atoms with E-state index in [9.17, 15) is 26.4 Å². The summed E-state index contributed by atoms with van der Waals surface area (Å²) in [7, 11) is -8.11. The summed E-state index contributed by atoms with van der Waals surface area (Å²) >= 11 is 0. The maximum atomic E-state index is 14.1. The van der Waals surface area contributed by atoms with Crippen LogP contribution in [0.4, 0.5) is 4.79 Å². The molecule has 0 aliphatic carbocycles. The highest BCUT2D eigenvalue weighted by atomic mass is 32.2. The number of hydrogen-bond donors (Lipinski definition) is 2. The maximum Gasteiger partial charge on any atom is 0.408 e. The van der Waals surface area contributed by atoms with Gasteiger partial charge in [0.25, 0.3) is 0 Å². The number of amides is 1. The van der Waals surface area contributed by atoms with Crippen LogP contribution in [-0.2, 0) is 42.7 Å².